The van der Waals surface area contributed by atoms with Crippen LogP contribution >= 0.6 is 34.7 Å². The number of β-lactam (4-membered cyclic amide) rings is 1. The molecule has 0 saturated carbocycles. The minimum atomic E-state index is -1.91. The number of hydrazine groups is 1. The first-order valence-electron chi connectivity index (χ1n) is 24.4. The summed E-state index contributed by atoms with van der Waals surface area (Å²) in [5.41, 5.74) is 1.41. The van der Waals surface area contributed by atoms with E-state index >= 15 is 0 Å². The van der Waals surface area contributed by atoms with Crippen LogP contribution in [0.25, 0.3) is 0 Å². The van der Waals surface area contributed by atoms with Crippen LogP contribution in [0.5, 0.6) is 23.0 Å². The van der Waals surface area contributed by atoms with Gasteiger partial charge in [-0.2, -0.15) is 0 Å². The molecule has 5 amide bonds. The normalized spacial score (nSPS) is 18.1. The number of ketones is 2. The van der Waals surface area contributed by atoms with Gasteiger partial charge in [-0.1, -0.05) is 52.8 Å². The van der Waals surface area contributed by atoms with Gasteiger partial charge in [0, 0.05) is 31.3 Å². The van der Waals surface area contributed by atoms with Crippen LogP contribution in [-0.4, -0.2) is 143 Å². The molecule has 2 radical (unpaired) electrons. The molecule has 412 valence electrons. The van der Waals surface area contributed by atoms with Crippen LogP contribution in [-0.2, 0) is 56.2 Å². The molecule has 1 aromatic heterocycles. The van der Waals surface area contributed by atoms with Gasteiger partial charge in [-0.25, -0.2) is 19.6 Å². The number of hydrogen-bond acceptors (Lipinski definition) is 19. The highest BCUT2D eigenvalue weighted by Crippen LogP contribution is 2.53. The van der Waals surface area contributed by atoms with Gasteiger partial charge in [-0.3, -0.25) is 39.1 Å². The predicted octanol–water partition coefficient (Wildman–Crippen LogP) is 5.48. The van der Waals surface area contributed by atoms with Crippen LogP contribution in [0.3, 0.4) is 0 Å². The Labute approximate surface area is 464 Å². The number of nitrogens with zero attached hydrogens (tertiary/aromatic N) is 5. The first kappa shape index (κ1) is 58.3. The number of oxime groups is 1. The van der Waals surface area contributed by atoms with Gasteiger partial charge >= 0.3 is 31.9 Å². The number of benzene rings is 3. The second-order valence-corrected chi connectivity index (χ2v) is 22.4. The fraction of sp³-hybridized carbons (Fsp3) is 0.423. The minimum absolute atomic E-state index is 0.0183. The Hall–Kier alpha value is -7.38. The van der Waals surface area contributed by atoms with Crippen LogP contribution in [0.1, 0.15) is 86.1 Å². The van der Waals surface area contributed by atoms with Crippen molar-refractivity contribution in [3.05, 3.63) is 98.5 Å². The third kappa shape index (κ3) is 13.3. The molecule has 1 unspecified atom stereocenters. The third-order valence-electron chi connectivity index (χ3n) is 12.4. The number of esters is 1. The van der Waals surface area contributed by atoms with Crippen molar-refractivity contribution in [1.29, 1.82) is 0 Å². The standard InChI is InChI=1S/C52H57BClN7O15S2/c1-29-56-36(27-77-29)41(58-76-51(5,6)47(67)74-50(2,3)4)38(63)24-35-45(66)59-28-52(48(68)75-53,78-46(35)59)60-22-23-61(49(60)69)57-44(65)37(62)10-9-21-55-43(64)34-19-20-39(72-25-30-11-15-32(70-7)16-12-30)42(40(34)54)73-26-31-13-17-33(71-8)18-14-31/h11-20,27,35,46H,9-10,21-26,28H2,1-8H3,(H,55,64)(H,57,65)/b58-41-/t35?,46-,52-/m1/s1. The van der Waals surface area contributed by atoms with Gasteiger partial charge in [0.2, 0.25) is 22.2 Å². The summed E-state index contributed by atoms with van der Waals surface area (Å²) in [6.45, 7) is 9.08. The van der Waals surface area contributed by atoms with Gasteiger partial charge in [-0.15, -0.1) is 11.3 Å². The number of thioether (sulfide) groups is 1. The Morgan fingerprint density at radius 1 is 0.885 bits per heavy atom. The molecule has 3 fully saturated rings. The summed E-state index contributed by atoms with van der Waals surface area (Å²) in [4.78, 5) is 118. The maximum Gasteiger partial charge on any atom is 0.378 e. The number of ether oxygens (including phenoxy) is 5. The maximum absolute atomic E-state index is 14.0. The molecule has 3 aromatic carbocycles. The fourth-order valence-electron chi connectivity index (χ4n) is 8.18. The highest BCUT2D eigenvalue weighted by Gasteiger charge is 2.66. The summed E-state index contributed by atoms with van der Waals surface area (Å²) in [5, 5.41) is 8.95. The van der Waals surface area contributed by atoms with Crippen molar-refractivity contribution in [1.82, 2.24) is 30.5 Å². The van der Waals surface area contributed by atoms with E-state index in [1.165, 1.54) is 36.2 Å². The second kappa shape index (κ2) is 24.5. The van der Waals surface area contributed by atoms with Crippen LogP contribution < -0.4 is 29.7 Å². The first-order chi connectivity index (χ1) is 37.0. The van der Waals surface area contributed by atoms with Crippen LogP contribution in [0.15, 0.2) is 71.2 Å². The quantitative estimate of drug-likeness (QED) is 0.0167. The molecule has 3 aliphatic heterocycles. The van der Waals surface area contributed by atoms with Crippen molar-refractivity contribution in [2.75, 3.05) is 40.4 Å². The molecule has 22 nitrogen and oxygen atoms in total. The molecule has 0 aliphatic carbocycles. The highest BCUT2D eigenvalue weighted by atomic mass is 35.5. The Balaban J connectivity index is 0.937. The SMILES string of the molecule is [B]OC(=O)[C@@]1(N2CCN(NC(=O)C(=O)CCCNC(=O)c3ccc(OCc4ccc(OC)cc4)c(OCc4ccc(OC)cc4)c3Cl)C2=O)CN2C(=O)C(CC(=O)/C(=N\OC(C)(C)C(=O)OC(C)(C)C)c3csc(C)n3)[C@H]2S1. The summed E-state index contributed by atoms with van der Waals surface area (Å²) >= 11 is 8.93. The number of carbonyl (C=O) groups excluding carboxylic acids is 8. The number of halogens is 1. The molecule has 78 heavy (non-hydrogen) atoms. The van der Waals surface area contributed by atoms with E-state index in [1.807, 2.05) is 24.3 Å². The second-order valence-electron chi connectivity index (χ2n) is 19.5. The van der Waals surface area contributed by atoms with E-state index in [0.717, 1.165) is 32.8 Å². The van der Waals surface area contributed by atoms with E-state index in [-0.39, 0.29) is 85.7 Å². The van der Waals surface area contributed by atoms with Crippen molar-refractivity contribution in [2.24, 2.45) is 11.1 Å². The van der Waals surface area contributed by atoms with E-state index in [2.05, 4.69) is 25.5 Å². The summed E-state index contributed by atoms with van der Waals surface area (Å²) in [6, 6.07) is 16.6. The van der Waals surface area contributed by atoms with Gasteiger partial charge in [0.05, 0.1) is 54.2 Å². The summed E-state index contributed by atoms with van der Waals surface area (Å²) in [5.74, 6) is -4.89. The number of aromatic nitrogens is 1. The van der Waals surface area contributed by atoms with Crippen LogP contribution in [0, 0.1) is 12.8 Å². The number of nitrogens with one attached hydrogen (secondary N) is 2. The zero-order valence-electron chi connectivity index (χ0n) is 44.0. The van der Waals surface area contributed by atoms with Crippen molar-refractivity contribution in [2.45, 2.75) is 95.5 Å². The molecular formula is C52H57BClN7O15S2. The number of carbonyl (C=O) groups is 8. The lowest BCUT2D eigenvalue weighted by Crippen LogP contribution is -2.60. The molecular weight excluding hydrogens is 1070 g/mol. The maximum atomic E-state index is 14.0. The summed E-state index contributed by atoms with van der Waals surface area (Å²) in [7, 11) is 8.52. The molecule has 4 aromatic rings. The molecule has 7 rings (SSSR count). The van der Waals surface area contributed by atoms with Crippen LogP contribution in [0.2, 0.25) is 5.02 Å². The van der Waals surface area contributed by atoms with Crippen molar-refractivity contribution >= 4 is 95.7 Å². The highest BCUT2D eigenvalue weighted by molar-refractivity contribution is 8.02. The van der Waals surface area contributed by atoms with Gasteiger partial charge < -0.3 is 43.4 Å². The van der Waals surface area contributed by atoms with Crippen molar-refractivity contribution in [3.63, 3.8) is 0 Å². The van der Waals surface area contributed by atoms with E-state index < -0.39 is 81.0 Å². The Morgan fingerprint density at radius 3 is 2.12 bits per heavy atom. The largest absolute Gasteiger partial charge is 0.541 e. The number of thiazole rings is 1. The fourth-order valence-corrected chi connectivity index (χ4v) is 10.8. The number of fused-ring (bicyclic) bond motifs is 1. The molecule has 0 bridgehead atoms. The lowest BCUT2D eigenvalue weighted by molar-refractivity contribution is -0.179. The van der Waals surface area contributed by atoms with Crippen molar-refractivity contribution < 1.29 is 71.5 Å². The van der Waals surface area contributed by atoms with Gasteiger partial charge in [-0.05, 0) is 95.5 Å². The topological polar surface area (TPSA) is 260 Å². The van der Waals surface area contributed by atoms with Gasteiger partial charge in [0.15, 0.2) is 23.0 Å². The number of urea groups is 1. The molecule has 26 heteroatoms. The Kier molecular flexibility index (Phi) is 18.3. The molecule has 3 saturated heterocycles. The predicted molar refractivity (Wildman–Crippen MR) is 285 cm³/mol. The van der Waals surface area contributed by atoms with Crippen molar-refractivity contribution in [3.8, 4) is 23.0 Å². The Morgan fingerprint density at radius 2 is 1.53 bits per heavy atom. The Bertz CT molecular complexity index is 2990. The average molecular weight is 1130 g/mol. The molecule has 0 spiro atoms. The third-order valence-corrected chi connectivity index (χ3v) is 15.2. The van der Waals surface area contributed by atoms with Gasteiger partial charge in [0.1, 0.15) is 36.0 Å². The number of hydrogen-bond donors (Lipinski definition) is 2. The first-order valence-corrected chi connectivity index (χ1v) is 26.5. The lowest BCUT2D eigenvalue weighted by Gasteiger charge is -2.40. The van der Waals surface area contributed by atoms with E-state index in [0.29, 0.717) is 16.5 Å². The monoisotopic (exact) mass is 1130 g/mol. The number of Topliss-reactive ketones (excluding diaryl/α,β-unsaturated/α-hetero) is 2. The summed E-state index contributed by atoms with van der Waals surface area (Å²) in [6.07, 6.45) is -0.732. The number of aryl methyl sites for hydroxylation is 1. The average Bonchev–Trinajstić information content (AvgIpc) is 3.99. The van der Waals surface area contributed by atoms with E-state index in [4.69, 9.17) is 48.2 Å². The number of methoxy groups -OCH3 is 2. The molecule has 4 heterocycles. The molecule has 3 aliphatic rings. The van der Waals surface area contributed by atoms with E-state index in [9.17, 15) is 38.4 Å². The molecule has 3 atom stereocenters. The summed E-state index contributed by atoms with van der Waals surface area (Å²) < 4.78 is 32.8. The minimum Gasteiger partial charge on any atom is -0.541 e. The van der Waals surface area contributed by atoms with E-state index in [1.54, 1.807) is 77.6 Å². The van der Waals surface area contributed by atoms with Crippen LogP contribution in [0.4, 0.5) is 4.79 Å². The van der Waals surface area contributed by atoms with Gasteiger partial charge in [0.25, 0.3) is 5.91 Å². The lowest BCUT2D eigenvalue weighted by atomic mass is 9.90. The zero-order valence-corrected chi connectivity index (χ0v) is 46.4. The number of rotatable bonds is 24. The smallest absolute Gasteiger partial charge is 0.378 e. The number of amides is 5. The molecule has 2 N–H and O–H groups in total. The zero-order chi connectivity index (χ0) is 56.7.